The Labute approximate surface area is 163 Å². The molecule has 28 heavy (non-hydrogen) atoms. The number of nitrogens with one attached hydrogen (secondary N) is 1. The molecule has 0 saturated carbocycles. The van der Waals surface area contributed by atoms with Crippen LogP contribution in [0.5, 0.6) is 0 Å². The summed E-state index contributed by atoms with van der Waals surface area (Å²) in [6, 6.07) is 23.0. The molecule has 0 atom stereocenters. The van der Waals surface area contributed by atoms with E-state index in [1.165, 1.54) is 6.21 Å². The van der Waals surface area contributed by atoms with E-state index < -0.39 is 0 Å². The van der Waals surface area contributed by atoms with Crippen molar-refractivity contribution >= 4 is 18.3 Å². The van der Waals surface area contributed by atoms with Gasteiger partial charge < -0.3 is 17.0 Å². The average Bonchev–Trinajstić information content (AvgIpc) is 2.73. The van der Waals surface area contributed by atoms with Gasteiger partial charge in [0.25, 0.3) is 5.91 Å². The van der Waals surface area contributed by atoms with Crippen molar-refractivity contribution in [2.75, 3.05) is 0 Å². The van der Waals surface area contributed by atoms with Crippen LogP contribution in [-0.4, -0.2) is 18.3 Å². The predicted octanol–water partition coefficient (Wildman–Crippen LogP) is 2.87. The highest BCUT2D eigenvalue weighted by atomic mass is 16.1. The second-order valence-electron chi connectivity index (χ2n) is 6.15. The van der Waals surface area contributed by atoms with Gasteiger partial charge >= 0.3 is 0 Å². The number of amides is 1. The smallest absolute Gasteiger partial charge is 0.251 e. The van der Waals surface area contributed by atoms with Gasteiger partial charge in [-0.1, -0.05) is 54.6 Å². The highest BCUT2D eigenvalue weighted by Crippen LogP contribution is 2.24. The molecule has 0 aliphatic heterocycles. The van der Waals surface area contributed by atoms with E-state index in [-0.39, 0.29) is 5.91 Å². The highest BCUT2D eigenvalue weighted by Gasteiger charge is 2.09. The number of hydrogen-bond donors (Lipinski definition) is 3. The molecule has 0 unspecified atom stereocenters. The standard InChI is InChI=1S/C22H21N5O/c23-26-13-16-5-3-8-18(11-16)21-10-2-1-7-20(21)15-25-22(28)19-9-4-6-17(12-19)14-27-24/h1-14H,15,23-24H2,(H,25,28). The summed E-state index contributed by atoms with van der Waals surface area (Å²) < 4.78 is 0. The lowest BCUT2D eigenvalue weighted by atomic mass is 9.98. The summed E-state index contributed by atoms with van der Waals surface area (Å²) in [6.45, 7) is 0.402. The monoisotopic (exact) mass is 371 g/mol. The van der Waals surface area contributed by atoms with E-state index in [0.29, 0.717) is 12.1 Å². The fourth-order valence-corrected chi connectivity index (χ4v) is 2.95. The van der Waals surface area contributed by atoms with Gasteiger partial charge in [-0.3, -0.25) is 4.79 Å². The Morgan fingerprint density at radius 2 is 1.54 bits per heavy atom. The van der Waals surface area contributed by atoms with Crippen molar-refractivity contribution in [1.82, 2.24) is 5.32 Å². The van der Waals surface area contributed by atoms with Crippen LogP contribution in [0.1, 0.15) is 27.0 Å². The lowest BCUT2D eigenvalue weighted by Crippen LogP contribution is -2.23. The van der Waals surface area contributed by atoms with Gasteiger partial charge in [0.2, 0.25) is 0 Å². The van der Waals surface area contributed by atoms with Gasteiger partial charge in [0.05, 0.1) is 12.4 Å². The van der Waals surface area contributed by atoms with E-state index in [4.69, 9.17) is 11.7 Å². The van der Waals surface area contributed by atoms with Crippen LogP contribution in [0.3, 0.4) is 0 Å². The third kappa shape index (κ3) is 4.62. The van der Waals surface area contributed by atoms with E-state index in [2.05, 4.69) is 15.5 Å². The number of hydrazone groups is 2. The maximum Gasteiger partial charge on any atom is 0.251 e. The molecular formula is C22H21N5O. The topological polar surface area (TPSA) is 106 Å². The molecule has 0 fully saturated rings. The maximum atomic E-state index is 12.5. The Morgan fingerprint density at radius 1 is 0.857 bits per heavy atom. The zero-order valence-electron chi connectivity index (χ0n) is 15.2. The Morgan fingerprint density at radius 3 is 2.29 bits per heavy atom. The van der Waals surface area contributed by atoms with Gasteiger partial charge in [-0.2, -0.15) is 10.2 Å². The van der Waals surface area contributed by atoms with Gasteiger partial charge in [0, 0.05) is 12.1 Å². The quantitative estimate of drug-likeness (QED) is 0.352. The van der Waals surface area contributed by atoms with Crippen molar-refractivity contribution in [1.29, 1.82) is 0 Å². The van der Waals surface area contributed by atoms with Crippen LogP contribution in [0.4, 0.5) is 0 Å². The van der Waals surface area contributed by atoms with Crippen LogP contribution in [0.2, 0.25) is 0 Å². The summed E-state index contributed by atoms with van der Waals surface area (Å²) in [6.07, 6.45) is 3.11. The molecule has 3 aromatic rings. The van der Waals surface area contributed by atoms with Crippen molar-refractivity contribution in [3.05, 3.63) is 95.1 Å². The Bertz CT molecular complexity index is 1030. The average molecular weight is 371 g/mol. The fourth-order valence-electron chi connectivity index (χ4n) is 2.95. The molecule has 0 bridgehead atoms. The van der Waals surface area contributed by atoms with E-state index in [9.17, 15) is 4.79 Å². The Hall–Kier alpha value is -3.93. The van der Waals surface area contributed by atoms with Crippen LogP contribution in [0, 0.1) is 0 Å². The molecule has 0 saturated heterocycles. The summed E-state index contributed by atoms with van der Waals surface area (Å²) in [5.41, 5.74) is 5.32. The minimum Gasteiger partial charge on any atom is -0.348 e. The van der Waals surface area contributed by atoms with Crippen molar-refractivity contribution in [2.45, 2.75) is 6.54 Å². The first-order valence-electron chi connectivity index (χ1n) is 8.74. The first-order valence-corrected chi connectivity index (χ1v) is 8.74. The minimum absolute atomic E-state index is 0.161. The van der Waals surface area contributed by atoms with Crippen molar-refractivity contribution in [2.24, 2.45) is 21.9 Å². The van der Waals surface area contributed by atoms with Crippen LogP contribution < -0.4 is 17.0 Å². The summed E-state index contributed by atoms with van der Waals surface area (Å²) in [5.74, 6) is 10.3. The lowest BCUT2D eigenvalue weighted by Gasteiger charge is -2.12. The molecule has 3 aromatic carbocycles. The zero-order valence-corrected chi connectivity index (χ0v) is 15.2. The molecule has 0 spiro atoms. The van der Waals surface area contributed by atoms with Crippen LogP contribution in [0.15, 0.2) is 83.0 Å². The first kappa shape index (κ1) is 18.8. The highest BCUT2D eigenvalue weighted by molar-refractivity contribution is 5.96. The van der Waals surface area contributed by atoms with E-state index in [1.807, 2.05) is 54.6 Å². The van der Waals surface area contributed by atoms with E-state index >= 15 is 0 Å². The van der Waals surface area contributed by atoms with Gasteiger partial charge in [-0.05, 0) is 46.0 Å². The van der Waals surface area contributed by atoms with E-state index in [1.54, 1.807) is 24.4 Å². The molecule has 0 radical (unpaired) electrons. The summed E-state index contributed by atoms with van der Waals surface area (Å²) in [5, 5.41) is 10.0. The van der Waals surface area contributed by atoms with Gasteiger partial charge in [0.1, 0.15) is 0 Å². The normalized spacial score (nSPS) is 11.1. The first-order chi connectivity index (χ1) is 13.7. The maximum absolute atomic E-state index is 12.5. The third-order valence-electron chi connectivity index (χ3n) is 4.25. The molecule has 0 heterocycles. The molecule has 0 aliphatic carbocycles. The van der Waals surface area contributed by atoms with Crippen LogP contribution >= 0.6 is 0 Å². The molecule has 5 N–H and O–H groups in total. The molecule has 140 valence electrons. The largest absolute Gasteiger partial charge is 0.348 e. The number of carbonyl (C=O) groups is 1. The summed E-state index contributed by atoms with van der Waals surface area (Å²) >= 11 is 0. The number of nitrogens with two attached hydrogens (primary N) is 2. The van der Waals surface area contributed by atoms with Crippen LogP contribution in [-0.2, 0) is 6.54 Å². The molecule has 3 rings (SSSR count). The number of rotatable bonds is 6. The summed E-state index contributed by atoms with van der Waals surface area (Å²) in [7, 11) is 0. The van der Waals surface area contributed by atoms with Crippen molar-refractivity contribution < 1.29 is 4.79 Å². The second-order valence-corrected chi connectivity index (χ2v) is 6.15. The molecule has 6 nitrogen and oxygen atoms in total. The third-order valence-corrected chi connectivity index (χ3v) is 4.25. The van der Waals surface area contributed by atoms with Crippen LogP contribution in [0.25, 0.3) is 11.1 Å². The molecule has 0 aromatic heterocycles. The SMILES string of the molecule is NN=Cc1cccc(C(=O)NCc2ccccc2-c2cccc(C=NN)c2)c1. The van der Waals surface area contributed by atoms with Gasteiger partial charge in [-0.25, -0.2) is 0 Å². The second kappa shape index (κ2) is 9.14. The summed E-state index contributed by atoms with van der Waals surface area (Å²) in [4.78, 5) is 12.5. The molecular weight excluding hydrogens is 350 g/mol. The predicted molar refractivity (Wildman–Crippen MR) is 113 cm³/mol. The van der Waals surface area contributed by atoms with Crippen molar-refractivity contribution in [3.8, 4) is 11.1 Å². The number of hydrogen-bond acceptors (Lipinski definition) is 5. The molecule has 1 amide bonds. The lowest BCUT2D eigenvalue weighted by molar-refractivity contribution is 0.0951. The van der Waals surface area contributed by atoms with Crippen molar-refractivity contribution in [3.63, 3.8) is 0 Å². The number of carbonyl (C=O) groups excluding carboxylic acids is 1. The van der Waals surface area contributed by atoms with E-state index in [0.717, 1.165) is 27.8 Å². The number of benzene rings is 3. The van der Waals surface area contributed by atoms with Gasteiger partial charge in [0.15, 0.2) is 0 Å². The molecule has 0 aliphatic rings. The Kier molecular flexibility index (Phi) is 6.15. The fraction of sp³-hybridized carbons (Fsp3) is 0.0455. The molecule has 6 heteroatoms. The Balaban J connectivity index is 1.80. The zero-order chi connectivity index (χ0) is 19.8. The van der Waals surface area contributed by atoms with Gasteiger partial charge in [-0.15, -0.1) is 0 Å². The minimum atomic E-state index is -0.161. The number of nitrogens with zero attached hydrogens (tertiary/aromatic N) is 2.